The van der Waals surface area contributed by atoms with Gasteiger partial charge in [-0.2, -0.15) is 0 Å². The number of likely N-dealkylation sites (N-methyl/N-ethyl adjacent to an activating group) is 1. The van der Waals surface area contributed by atoms with Crippen LogP contribution in [0.4, 0.5) is 5.69 Å². The van der Waals surface area contributed by atoms with Gasteiger partial charge in [0.15, 0.2) is 0 Å². The van der Waals surface area contributed by atoms with Crippen molar-refractivity contribution in [1.82, 2.24) is 14.5 Å². The van der Waals surface area contributed by atoms with Gasteiger partial charge in [-0.15, -0.1) is 0 Å². The van der Waals surface area contributed by atoms with E-state index in [2.05, 4.69) is 77.5 Å². The number of aryl methyl sites for hydroxylation is 1. The average molecular weight is 751 g/mol. The summed E-state index contributed by atoms with van der Waals surface area (Å²) in [5.41, 5.74) is 3.57. The Morgan fingerprint density at radius 1 is 1.13 bits per heavy atom. The zero-order valence-corrected chi connectivity index (χ0v) is 33.7. The average Bonchev–Trinajstić information content (AvgIpc) is 3.23. The molecule has 2 aromatic carbocycles. The van der Waals surface area contributed by atoms with Gasteiger partial charge >= 0.3 is 0 Å². The van der Waals surface area contributed by atoms with Gasteiger partial charge in [-0.05, 0) is 138 Å². The minimum atomic E-state index is -2.95. The lowest BCUT2D eigenvalue weighted by Crippen LogP contribution is -2.67. The molecule has 0 aromatic heterocycles. The van der Waals surface area contributed by atoms with E-state index in [9.17, 15) is 9.00 Å². The number of carbonyl (C=O) groups excluding carboxylic acids is 1. The Kier molecular flexibility index (Phi) is 10.3. The van der Waals surface area contributed by atoms with E-state index in [1.54, 1.807) is 6.07 Å². The molecule has 1 N–H and O–H groups in total. The maximum absolute atomic E-state index is 14.0. The maximum Gasteiger partial charge on any atom is 0.262 e. The third-order valence-electron chi connectivity index (χ3n) is 13.8. The molecule has 1 saturated carbocycles. The lowest BCUT2D eigenvalue weighted by Gasteiger charge is -2.54. The molecular weight excluding hydrogens is 692 g/mol. The number of carbonyl (C=O) groups is 1. The van der Waals surface area contributed by atoms with Gasteiger partial charge in [0.25, 0.3) is 5.91 Å². The Hall–Kier alpha value is -2.56. The number of halogens is 1. The Morgan fingerprint density at radius 3 is 2.63 bits per heavy atom. The Labute approximate surface area is 317 Å². The summed E-state index contributed by atoms with van der Waals surface area (Å²) in [5.74, 6) is 5.26. The first-order chi connectivity index (χ1) is 24.7. The molecule has 7 atom stereocenters. The highest BCUT2D eigenvalue weighted by Crippen LogP contribution is 2.50. The van der Waals surface area contributed by atoms with Crippen molar-refractivity contribution in [3.05, 3.63) is 70.3 Å². The molecule has 1 spiro atoms. The van der Waals surface area contributed by atoms with Crippen molar-refractivity contribution in [2.75, 3.05) is 65.4 Å². The van der Waals surface area contributed by atoms with Crippen LogP contribution in [0.15, 0.2) is 48.6 Å². The second-order valence-electron chi connectivity index (χ2n) is 17.2. The van der Waals surface area contributed by atoms with Gasteiger partial charge in [0.2, 0.25) is 0 Å². The zero-order valence-electron chi connectivity index (χ0n) is 32.1. The number of hydrogen-bond donors (Lipinski definition) is 1. The van der Waals surface area contributed by atoms with Gasteiger partial charge in [-0.25, -0.2) is 4.21 Å². The van der Waals surface area contributed by atoms with Gasteiger partial charge < -0.3 is 19.3 Å². The van der Waals surface area contributed by atoms with E-state index >= 15 is 0 Å². The number of benzene rings is 2. The summed E-state index contributed by atoms with van der Waals surface area (Å²) in [6, 6.07) is 12.0. The van der Waals surface area contributed by atoms with Crippen LogP contribution < -0.4 is 14.4 Å². The molecule has 7 rings (SSSR count). The molecule has 2 bridgehead atoms. The second-order valence-corrected chi connectivity index (χ2v) is 20.1. The summed E-state index contributed by atoms with van der Waals surface area (Å²) in [7, 11) is 3.30. The van der Waals surface area contributed by atoms with Crippen molar-refractivity contribution >= 4 is 38.8 Å². The van der Waals surface area contributed by atoms with Crippen LogP contribution in [0.25, 0.3) is 0 Å². The first kappa shape index (κ1) is 37.7. The summed E-state index contributed by atoms with van der Waals surface area (Å²) in [6.45, 7) is 11.6. The van der Waals surface area contributed by atoms with Crippen molar-refractivity contribution in [2.45, 2.75) is 87.5 Å². The fraction of sp³-hybridized carbons (Fsp3) is 0.619. The van der Waals surface area contributed by atoms with Crippen molar-refractivity contribution in [3.8, 4) is 5.75 Å². The molecule has 3 aliphatic heterocycles. The Balaban J connectivity index is 1.27. The van der Waals surface area contributed by atoms with Crippen molar-refractivity contribution in [1.29, 1.82) is 0 Å². The van der Waals surface area contributed by atoms with Gasteiger partial charge in [0, 0.05) is 66.6 Å². The van der Waals surface area contributed by atoms with Crippen LogP contribution >= 0.6 is 11.6 Å². The van der Waals surface area contributed by atoms with Crippen molar-refractivity contribution in [3.63, 3.8) is 0 Å². The van der Waals surface area contributed by atoms with Crippen LogP contribution in [0.3, 0.4) is 0 Å². The van der Waals surface area contributed by atoms with E-state index in [1.165, 1.54) is 11.1 Å². The predicted molar refractivity (Wildman–Crippen MR) is 214 cm³/mol. The number of methoxy groups -OCH3 is 1. The molecule has 1 saturated heterocycles. The molecular formula is C42H59ClN4O4S. The van der Waals surface area contributed by atoms with Crippen LogP contribution in [-0.4, -0.2) is 103 Å². The molecule has 1 unspecified atom stereocenters. The van der Waals surface area contributed by atoms with E-state index in [-0.39, 0.29) is 28.0 Å². The number of ether oxygens (including phenoxy) is 2. The fourth-order valence-corrected chi connectivity index (χ4v) is 11.4. The first-order valence-electron chi connectivity index (χ1n) is 19.3. The third-order valence-corrected chi connectivity index (χ3v) is 16.2. The fourth-order valence-electron chi connectivity index (χ4n) is 9.73. The summed E-state index contributed by atoms with van der Waals surface area (Å²) >= 11 is 6.51. The number of nitrogens with zero attached hydrogens (tertiary/aromatic N) is 3. The highest BCUT2D eigenvalue weighted by molar-refractivity contribution is 7.99. The summed E-state index contributed by atoms with van der Waals surface area (Å²) < 4.78 is 30.3. The molecule has 10 heteroatoms. The zero-order chi connectivity index (χ0) is 37.1. The molecule has 1 amide bonds. The second kappa shape index (κ2) is 14.3. The van der Waals surface area contributed by atoms with Gasteiger partial charge in [0.1, 0.15) is 5.75 Å². The Bertz CT molecular complexity index is 1810. The van der Waals surface area contributed by atoms with E-state index < -0.39 is 15.3 Å². The molecule has 2 aliphatic carbocycles. The highest BCUT2D eigenvalue weighted by Gasteiger charge is 2.50. The summed E-state index contributed by atoms with van der Waals surface area (Å²) in [5, 5.41) is 0.443. The highest BCUT2D eigenvalue weighted by atomic mass is 35.5. The first-order valence-corrected chi connectivity index (χ1v) is 21.5. The van der Waals surface area contributed by atoms with E-state index in [0.717, 1.165) is 94.1 Å². The molecule has 8 nitrogen and oxygen atoms in total. The van der Waals surface area contributed by atoms with Gasteiger partial charge in [-0.1, -0.05) is 36.7 Å². The molecule has 5 aliphatic rings. The predicted octanol–water partition coefficient (Wildman–Crippen LogP) is 6.60. The number of anilines is 1. The number of likely N-dealkylation sites (tertiary alicyclic amines) is 1. The smallest absolute Gasteiger partial charge is 0.262 e. The lowest BCUT2D eigenvalue weighted by atomic mass is 9.62. The minimum absolute atomic E-state index is 0.0396. The molecule has 2 aromatic rings. The number of nitrogens with one attached hydrogen (secondary N) is 1. The SMILES string of the molecule is C=S1(=O)NC(=O)c2ccc3c(c2)N(C[C@@H]2CC[C@H]2[C@](CCN2CC(C)(N(C)C)C2)(OC)/C=C/C[C@H](C)[C@H]1C)C[C@@]1(CCCc2cc(Cl)ccc21)CO3. The van der Waals surface area contributed by atoms with Crippen molar-refractivity contribution in [2.24, 2.45) is 17.8 Å². The quantitative estimate of drug-likeness (QED) is 0.273. The van der Waals surface area contributed by atoms with Gasteiger partial charge in [-0.3, -0.25) is 14.4 Å². The molecule has 52 heavy (non-hydrogen) atoms. The Morgan fingerprint density at radius 2 is 1.92 bits per heavy atom. The van der Waals surface area contributed by atoms with Crippen LogP contribution in [-0.2, 0) is 26.3 Å². The third kappa shape index (κ3) is 6.94. The number of rotatable bonds is 5. The maximum atomic E-state index is 14.0. The van der Waals surface area contributed by atoms with E-state index in [4.69, 9.17) is 21.1 Å². The van der Waals surface area contributed by atoms with Crippen LogP contribution in [0.2, 0.25) is 5.02 Å². The molecule has 2 fully saturated rings. The van der Waals surface area contributed by atoms with E-state index in [1.807, 2.05) is 32.2 Å². The lowest BCUT2D eigenvalue weighted by molar-refractivity contribution is -0.0941. The number of allylic oxidation sites excluding steroid dienone is 1. The molecule has 284 valence electrons. The normalized spacial score (nSPS) is 35.3. The number of amides is 1. The standard InChI is InChI=1S/C42H59ClN4O4S/c1-29-10-8-19-42(50-6,20-21-46-25-40(3,26-46)45(4)5)36-15-12-33(36)24-47-27-41(18-9-11-31-22-34(43)14-16-35(31)41)28-51-38-17-13-32(23-37(38)47)39(48)44-52(7,49)30(29)2/h8,13-14,16-17,19,22-23,29-30,33,36H,7,9-12,15,18,20-21,24-28H2,1-6H3,(H,44,48,49)/b19-8+/t29-,30+,33-,36+,41-,42-,52?/m0/s1. The van der Waals surface area contributed by atoms with Crippen LogP contribution in [0.1, 0.15) is 80.8 Å². The number of hydrogen-bond acceptors (Lipinski definition) is 7. The van der Waals surface area contributed by atoms with Gasteiger partial charge in [0.05, 0.1) is 27.6 Å². The van der Waals surface area contributed by atoms with Crippen molar-refractivity contribution < 1.29 is 18.5 Å². The minimum Gasteiger partial charge on any atom is -0.490 e. The van der Waals surface area contributed by atoms with Crippen LogP contribution in [0, 0.1) is 17.8 Å². The number of fused-ring (bicyclic) bond motifs is 4. The summed E-state index contributed by atoms with van der Waals surface area (Å²) in [4.78, 5) is 21.2. The monoisotopic (exact) mass is 750 g/mol. The molecule has 3 heterocycles. The molecule has 0 radical (unpaired) electrons. The summed E-state index contributed by atoms with van der Waals surface area (Å²) in [6.07, 6.45) is 11.5. The van der Waals surface area contributed by atoms with E-state index in [0.29, 0.717) is 24.0 Å². The topological polar surface area (TPSA) is 74.4 Å². The van der Waals surface area contributed by atoms with Crippen LogP contribution in [0.5, 0.6) is 5.75 Å². The largest absolute Gasteiger partial charge is 0.490 e.